The van der Waals surface area contributed by atoms with Gasteiger partial charge in [-0.1, -0.05) is 31.0 Å². The average molecular weight is 364 g/mol. The van der Waals surface area contributed by atoms with E-state index in [4.69, 9.17) is 4.74 Å². The molecule has 5 nitrogen and oxygen atoms in total. The largest absolute Gasteiger partial charge is 0.448 e. The Labute approximate surface area is 159 Å². The van der Waals surface area contributed by atoms with Crippen molar-refractivity contribution in [2.75, 3.05) is 23.3 Å². The maximum absolute atomic E-state index is 12.6. The van der Waals surface area contributed by atoms with E-state index in [2.05, 4.69) is 10.2 Å². The van der Waals surface area contributed by atoms with E-state index >= 15 is 0 Å². The minimum atomic E-state index is -0.794. The summed E-state index contributed by atoms with van der Waals surface area (Å²) in [7, 11) is 0. The minimum Gasteiger partial charge on any atom is -0.448 e. The van der Waals surface area contributed by atoms with Gasteiger partial charge >= 0.3 is 5.97 Å². The molecule has 1 N–H and O–H groups in total. The molecule has 0 aromatic heterocycles. The summed E-state index contributed by atoms with van der Waals surface area (Å²) in [5, 5.41) is 2.87. The molecule has 1 saturated heterocycles. The Kier molecular flexibility index (Phi) is 5.10. The number of hydrogen-bond acceptors (Lipinski definition) is 4. The van der Waals surface area contributed by atoms with Gasteiger partial charge in [-0.25, -0.2) is 4.79 Å². The summed E-state index contributed by atoms with van der Waals surface area (Å²) in [6.07, 6.45) is 4.67. The van der Waals surface area contributed by atoms with Crippen LogP contribution in [0.1, 0.15) is 41.6 Å². The van der Waals surface area contributed by atoms with Crippen molar-refractivity contribution in [3.8, 4) is 0 Å². The summed E-state index contributed by atoms with van der Waals surface area (Å²) in [6.45, 7) is 2.17. The molecule has 1 atom stereocenters. The lowest BCUT2D eigenvalue weighted by atomic mass is 9.98. The third kappa shape index (κ3) is 3.97. The molecule has 140 valence electrons. The number of esters is 1. The minimum absolute atomic E-state index is 0.291. The lowest BCUT2D eigenvalue weighted by Crippen LogP contribution is -2.37. The van der Waals surface area contributed by atoms with Gasteiger partial charge in [0.05, 0.1) is 5.56 Å². The SMILES string of the molecule is O=C1O[C@@H](C(=O)Nc2ccc(N3CCCCCC3)cc2)Cc2ccccc21. The standard InChI is InChI=1S/C22H24N2O3/c25-21(20-15-16-7-3-4-8-19(16)22(26)27-20)23-17-9-11-18(12-10-17)24-13-5-1-2-6-14-24/h3-4,7-12,20H,1-2,5-6,13-15H2,(H,23,25)/t20-/m1/s1. The summed E-state index contributed by atoms with van der Waals surface area (Å²) >= 11 is 0. The number of cyclic esters (lactones) is 1. The van der Waals surface area contributed by atoms with E-state index in [1.165, 1.54) is 31.4 Å². The first-order chi connectivity index (χ1) is 13.2. The fraction of sp³-hybridized carbons (Fsp3) is 0.364. The predicted molar refractivity (Wildman–Crippen MR) is 105 cm³/mol. The van der Waals surface area contributed by atoms with Crippen LogP contribution in [0.2, 0.25) is 0 Å². The Balaban J connectivity index is 1.40. The van der Waals surface area contributed by atoms with Gasteiger partial charge in [0.25, 0.3) is 5.91 Å². The second kappa shape index (κ2) is 7.82. The first-order valence-corrected chi connectivity index (χ1v) is 9.65. The van der Waals surface area contributed by atoms with E-state index in [1.54, 1.807) is 12.1 Å². The molecule has 2 aromatic rings. The fourth-order valence-electron chi connectivity index (χ4n) is 3.78. The highest BCUT2D eigenvalue weighted by atomic mass is 16.5. The van der Waals surface area contributed by atoms with E-state index in [1.807, 2.05) is 36.4 Å². The Morgan fingerprint density at radius 2 is 1.67 bits per heavy atom. The van der Waals surface area contributed by atoms with Gasteiger partial charge in [-0.05, 0) is 48.7 Å². The summed E-state index contributed by atoms with van der Waals surface area (Å²) < 4.78 is 5.32. The van der Waals surface area contributed by atoms with Gasteiger partial charge in [0.1, 0.15) is 0 Å². The summed E-state index contributed by atoms with van der Waals surface area (Å²) in [5.41, 5.74) is 3.30. The van der Waals surface area contributed by atoms with Crippen molar-refractivity contribution in [2.24, 2.45) is 0 Å². The number of hydrogen-bond donors (Lipinski definition) is 1. The van der Waals surface area contributed by atoms with Gasteiger partial charge in [0.2, 0.25) is 0 Å². The number of ether oxygens (including phenoxy) is 1. The van der Waals surface area contributed by atoms with Gasteiger partial charge in [0, 0.05) is 30.9 Å². The molecule has 1 fully saturated rings. The summed E-state index contributed by atoms with van der Waals surface area (Å²) in [6, 6.07) is 15.2. The second-order valence-electron chi connectivity index (χ2n) is 7.19. The van der Waals surface area contributed by atoms with E-state index in [0.29, 0.717) is 17.7 Å². The molecule has 2 heterocycles. The molecule has 0 spiro atoms. The number of nitrogens with zero attached hydrogens (tertiary/aromatic N) is 1. The number of nitrogens with one attached hydrogen (secondary N) is 1. The van der Waals surface area contributed by atoms with Crippen LogP contribution in [0.25, 0.3) is 0 Å². The topological polar surface area (TPSA) is 58.6 Å². The zero-order chi connectivity index (χ0) is 18.6. The number of amides is 1. The molecule has 5 heteroatoms. The van der Waals surface area contributed by atoms with Gasteiger partial charge < -0.3 is 15.0 Å². The molecule has 0 radical (unpaired) electrons. The maximum atomic E-state index is 12.6. The predicted octanol–water partition coefficient (Wildman–Crippen LogP) is 3.79. The van der Waals surface area contributed by atoms with Gasteiger partial charge in [0.15, 0.2) is 6.10 Å². The summed E-state index contributed by atoms with van der Waals surface area (Å²) in [5.74, 6) is -0.728. The third-order valence-electron chi connectivity index (χ3n) is 5.29. The molecule has 0 bridgehead atoms. The number of rotatable bonds is 3. The van der Waals surface area contributed by atoms with E-state index in [0.717, 1.165) is 18.7 Å². The molecular weight excluding hydrogens is 340 g/mol. The Hall–Kier alpha value is -2.82. The lowest BCUT2D eigenvalue weighted by Gasteiger charge is -2.24. The Morgan fingerprint density at radius 3 is 2.41 bits per heavy atom. The highest BCUT2D eigenvalue weighted by Crippen LogP contribution is 2.24. The van der Waals surface area contributed by atoms with Crippen molar-refractivity contribution >= 4 is 23.3 Å². The highest BCUT2D eigenvalue weighted by molar-refractivity contribution is 6.00. The van der Waals surface area contributed by atoms with Crippen molar-refractivity contribution < 1.29 is 14.3 Å². The van der Waals surface area contributed by atoms with Crippen LogP contribution >= 0.6 is 0 Å². The molecule has 2 aromatic carbocycles. The first-order valence-electron chi connectivity index (χ1n) is 9.65. The van der Waals surface area contributed by atoms with Crippen LogP contribution in [0.3, 0.4) is 0 Å². The lowest BCUT2D eigenvalue weighted by molar-refractivity contribution is -0.125. The number of carbonyl (C=O) groups excluding carboxylic acids is 2. The second-order valence-corrected chi connectivity index (χ2v) is 7.19. The van der Waals surface area contributed by atoms with E-state index in [9.17, 15) is 9.59 Å². The zero-order valence-electron chi connectivity index (χ0n) is 15.3. The van der Waals surface area contributed by atoms with Crippen molar-refractivity contribution in [3.63, 3.8) is 0 Å². The van der Waals surface area contributed by atoms with Crippen LogP contribution in [0, 0.1) is 0 Å². The smallest absolute Gasteiger partial charge is 0.339 e. The van der Waals surface area contributed by atoms with Crippen molar-refractivity contribution in [2.45, 2.75) is 38.2 Å². The van der Waals surface area contributed by atoms with Gasteiger partial charge in [-0.15, -0.1) is 0 Å². The molecule has 0 unspecified atom stereocenters. The Bertz CT molecular complexity index is 824. The monoisotopic (exact) mass is 364 g/mol. The van der Waals surface area contributed by atoms with Crippen LogP contribution in [0.15, 0.2) is 48.5 Å². The van der Waals surface area contributed by atoms with Crippen LogP contribution in [0.5, 0.6) is 0 Å². The van der Waals surface area contributed by atoms with Gasteiger partial charge in [-0.2, -0.15) is 0 Å². The molecule has 4 rings (SSSR count). The van der Waals surface area contributed by atoms with Crippen molar-refractivity contribution in [3.05, 3.63) is 59.7 Å². The van der Waals surface area contributed by atoms with Crippen LogP contribution in [0.4, 0.5) is 11.4 Å². The number of benzene rings is 2. The van der Waals surface area contributed by atoms with Crippen molar-refractivity contribution in [1.82, 2.24) is 0 Å². The molecule has 0 saturated carbocycles. The average Bonchev–Trinajstić information content (AvgIpc) is 2.98. The first kappa shape index (κ1) is 17.6. The van der Waals surface area contributed by atoms with Gasteiger partial charge in [-0.3, -0.25) is 4.79 Å². The number of anilines is 2. The zero-order valence-corrected chi connectivity index (χ0v) is 15.3. The Morgan fingerprint density at radius 1 is 0.963 bits per heavy atom. The van der Waals surface area contributed by atoms with E-state index < -0.39 is 12.1 Å². The van der Waals surface area contributed by atoms with Crippen LogP contribution in [-0.4, -0.2) is 31.1 Å². The molecule has 0 aliphatic carbocycles. The van der Waals surface area contributed by atoms with Crippen molar-refractivity contribution in [1.29, 1.82) is 0 Å². The number of carbonyl (C=O) groups is 2. The molecule has 2 aliphatic heterocycles. The molecule has 2 aliphatic rings. The maximum Gasteiger partial charge on any atom is 0.339 e. The van der Waals surface area contributed by atoms with E-state index in [-0.39, 0.29) is 5.91 Å². The quantitative estimate of drug-likeness (QED) is 0.842. The third-order valence-corrected chi connectivity index (χ3v) is 5.29. The highest BCUT2D eigenvalue weighted by Gasteiger charge is 2.31. The molecule has 1 amide bonds. The normalized spacial score (nSPS) is 19.6. The molecule has 27 heavy (non-hydrogen) atoms. The van der Waals surface area contributed by atoms with Crippen LogP contribution in [-0.2, 0) is 16.0 Å². The molecular formula is C22H24N2O3. The summed E-state index contributed by atoms with van der Waals surface area (Å²) in [4.78, 5) is 27.1. The fourth-order valence-corrected chi connectivity index (χ4v) is 3.78. The van der Waals surface area contributed by atoms with Crippen LogP contribution < -0.4 is 10.2 Å². The number of fused-ring (bicyclic) bond motifs is 1.